The van der Waals surface area contributed by atoms with E-state index in [1.807, 2.05) is 0 Å². The summed E-state index contributed by atoms with van der Waals surface area (Å²) in [7, 11) is -3.68. The van der Waals surface area contributed by atoms with Crippen LogP contribution in [0.25, 0.3) is 0 Å². The van der Waals surface area contributed by atoms with Crippen molar-refractivity contribution in [2.24, 2.45) is 23.6 Å². The fourth-order valence-corrected chi connectivity index (χ4v) is 5.83. The summed E-state index contributed by atoms with van der Waals surface area (Å²) in [6.07, 6.45) is 0.528. The molecule has 22 nitrogen and oxygen atoms in total. The lowest BCUT2D eigenvalue weighted by Crippen LogP contribution is -2.51. The van der Waals surface area contributed by atoms with Crippen molar-refractivity contribution in [3.63, 3.8) is 0 Å². The van der Waals surface area contributed by atoms with Gasteiger partial charge in [-0.25, -0.2) is 17.7 Å². The van der Waals surface area contributed by atoms with Gasteiger partial charge in [0.2, 0.25) is 29.5 Å². The summed E-state index contributed by atoms with van der Waals surface area (Å²) in [5.74, 6) is 11.9. The van der Waals surface area contributed by atoms with Crippen molar-refractivity contribution in [2.45, 2.75) is 69.6 Å². The second-order valence-electron chi connectivity index (χ2n) is 12.0. The average molecular weight is 787 g/mol. The molecule has 1 aliphatic rings. The van der Waals surface area contributed by atoms with Crippen LogP contribution in [0.4, 0.5) is 0 Å². The van der Waals surface area contributed by atoms with Gasteiger partial charge in [0.05, 0.1) is 65.6 Å². The van der Waals surface area contributed by atoms with Crippen LogP contribution in [0.5, 0.6) is 0 Å². The zero-order valence-corrected chi connectivity index (χ0v) is 31.3. The molecule has 5 amide bonds. The van der Waals surface area contributed by atoms with Crippen molar-refractivity contribution >= 4 is 37.1 Å². The molecule has 0 radical (unpaired) electrons. The van der Waals surface area contributed by atoms with Crippen LogP contribution in [0.1, 0.15) is 51.4 Å². The van der Waals surface area contributed by atoms with Gasteiger partial charge in [-0.2, -0.15) is 0 Å². The molecule has 308 valence electrons. The molecule has 3 unspecified atom stereocenters. The first-order valence-electron chi connectivity index (χ1n) is 17.5. The quantitative estimate of drug-likeness (QED) is 0.0192. The fourth-order valence-electron chi connectivity index (χ4n) is 5.07. The zero-order valence-electron chi connectivity index (χ0n) is 30.4. The van der Waals surface area contributed by atoms with Gasteiger partial charge in [-0.3, -0.25) is 28.5 Å². The summed E-state index contributed by atoms with van der Waals surface area (Å²) in [4.78, 5) is 87.8. The summed E-state index contributed by atoms with van der Waals surface area (Å²) < 4.78 is 32.7. The minimum Gasteiger partial charge on any atom is -0.377 e. The topological polar surface area (TPSA) is 325 Å². The van der Waals surface area contributed by atoms with Gasteiger partial charge in [0, 0.05) is 45.1 Å². The van der Waals surface area contributed by atoms with Gasteiger partial charge in [0.15, 0.2) is 0 Å². The predicted octanol–water partition coefficient (Wildman–Crippen LogP) is -3.02. The van der Waals surface area contributed by atoms with Crippen LogP contribution in [0.15, 0.2) is 0 Å². The first-order chi connectivity index (χ1) is 25.4. The predicted molar refractivity (Wildman–Crippen MR) is 187 cm³/mol. The van der Waals surface area contributed by atoms with Gasteiger partial charge < -0.3 is 64.7 Å². The maximum absolute atomic E-state index is 13.2. The lowest BCUT2D eigenvalue weighted by atomic mass is 9.86. The van der Waals surface area contributed by atoms with Crippen LogP contribution in [0.3, 0.4) is 0 Å². The van der Waals surface area contributed by atoms with Crippen molar-refractivity contribution < 1.29 is 66.7 Å². The van der Waals surface area contributed by atoms with Gasteiger partial charge in [0.1, 0.15) is 12.1 Å². The van der Waals surface area contributed by atoms with Crippen molar-refractivity contribution in [3.8, 4) is 0 Å². The Labute approximate surface area is 309 Å². The third kappa shape index (κ3) is 25.0. The number of carbonyl (C=O) groups is 5. The SMILES string of the molecule is CP(=O)(O)O[C@H]1CC[C@@H](C(=O)NC(CCC(=O)NC(CCC(=O)NCCOCCON)C(=O)NCCOCCON)C(=O)NCCOCCON)CC1. The number of carbonyl (C=O) groups excluding carboxylic acids is 5. The average Bonchev–Trinajstić information content (AvgIpc) is 3.12. The Bertz CT molecular complexity index is 1110. The van der Waals surface area contributed by atoms with E-state index in [2.05, 4.69) is 41.1 Å². The molecule has 1 rings (SSSR count). The number of amides is 5. The third-order valence-electron chi connectivity index (χ3n) is 7.69. The maximum atomic E-state index is 13.2. The van der Waals surface area contributed by atoms with Crippen LogP contribution in [0.2, 0.25) is 0 Å². The largest absolute Gasteiger partial charge is 0.377 e. The van der Waals surface area contributed by atoms with E-state index in [4.69, 9.17) is 36.4 Å². The van der Waals surface area contributed by atoms with Crippen molar-refractivity contribution in [2.75, 3.05) is 85.8 Å². The van der Waals surface area contributed by atoms with Crippen LogP contribution < -0.4 is 44.3 Å². The summed E-state index contributed by atoms with van der Waals surface area (Å²) >= 11 is 0. The summed E-state index contributed by atoms with van der Waals surface area (Å²) in [5.41, 5.74) is 0. The first kappa shape index (κ1) is 48.2. The Morgan fingerprint density at radius 1 is 0.642 bits per heavy atom. The van der Waals surface area contributed by atoms with Gasteiger partial charge in [-0.15, -0.1) is 0 Å². The molecular formula is C30H59N8O14P. The molecule has 0 aromatic rings. The van der Waals surface area contributed by atoms with Crippen LogP contribution in [-0.4, -0.2) is 138 Å². The van der Waals surface area contributed by atoms with E-state index in [1.165, 1.54) is 0 Å². The molecule has 0 heterocycles. The summed E-state index contributed by atoms with van der Waals surface area (Å²) in [6.45, 7) is 3.19. The van der Waals surface area contributed by atoms with E-state index in [9.17, 15) is 33.4 Å². The van der Waals surface area contributed by atoms with E-state index in [0.717, 1.165) is 6.66 Å². The molecule has 23 heteroatoms. The van der Waals surface area contributed by atoms with Crippen LogP contribution >= 0.6 is 7.60 Å². The number of hydrogen-bond acceptors (Lipinski definition) is 16. The molecule has 3 atom stereocenters. The third-order valence-corrected chi connectivity index (χ3v) is 8.38. The standard InChI is InChI=1S/C30H59N8O14P/c1-53(44,45)52-23-4-2-22(3-5-23)28(41)38-25(30(43)36-12-15-48-18-21-51-33)7-9-27(40)37-24(29(42)35-11-14-47-17-20-50-32)6-8-26(39)34-10-13-46-16-19-49-31/h22-25H,2-21,31-33H2,1H3,(H,34,39)(H,35,42)(H,36,43)(H,37,40)(H,38,41)(H,44,45)/t22-,23+,24?,25?. The molecule has 1 fully saturated rings. The smallest absolute Gasteiger partial charge is 0.325 e. The monoisotopic (exact) mass is 786 g/mol. The second-order valence-corrected chi connectivity index (χ2v) is 13.8. The number of rotatable bonds is 31. The van der Waals surface area contributed by atoms with Gasteiger partial charge >= 0.3 is 7.60 Å². The minimum atomic E-state index is -3.68. The van der Waals surface area contributed by atoms with Gasteiger partial charge in [0.25, 0.3) is 0 Å². The molecule has 0 saturated heterocycles. The molecule has 12 N–H and O–H groups in total. The first-order valence-corrected chi connectivity index (χ1v) is 19.5. The molecule has 0 spiro atoms. The molecule has 1 aliphatic carbocycles. The number of hydrogen-bond donors (Lipinski definition) is 9. The molecule has 0 aromatic carbocycles. The fraction of sp³-hybridized carbons (Fsp3) is 0.833. The maximum Gasteiger partial charge on any atom is 0.325 e. The van der Waals surface area contributed by atoms with Crippen LogP contribution in [0, 0.1) is 5.92 Å². The second kappa shape index (κ2) is 29.5. The van der Waals surface area contributed by atoms with E-state index in [1.54, 1.807) is 0 Å². The number of ether oxygens (including phenoxy) is 3. The van der Waals surface area contributed by atoms with Crippen molar-refractivity contribution in [3.05, 3.63) is 0 Å². The minimum absolute atomic E-state index is 0.0425. The molecular weight excluding hydrogens is 727 g/mol. The highest BCUT2D eigenvalue weighted by atomic mass is 31.2. The molecule has 0 aliphatic heterocycles. The van der Waals surface area contributed by atoms with Crippen LogP contribution in [-0.2, 0) is 61.8 Å². The Morgan fingerprint density at radius 3 is 1.53 bits per heavy atom. The number of nitrogens with one attached hydrogen (secondary N) is 5. The highest BCUT2D eigenvalue weighted by molar-refractivity contribution is 7.51. The Morgan fingerprint density at radius 2 is 1.08 bits per heavy atom. The highest BCUT2D eigenvalue weighted by Crippen LogP contribution is 2.42. The number of nitrogens with two attached hydrogens (primary N) is 3. The zero-order chi connectivity index (χ0) is 39.3. The van der Waals surface area contributed by atoms with Gasteiger partial charge in [-0.1, -0.05) is 0 Å². The summed E-state index contributed by atoms with van der Waals surface area (Å²) in [6, 6.07) is -2.22. The molecule has 0 aromatic heterocycles. The van der Waals surface area contributed by atoms with Crippen molar-refractivity contribution in [1.82, 2.24) is 26.6 Å². The van der Waals surface area contributed by atoms with E-state index in [-0.39, 0.29) is 111 Å². The molecule has 53 heavy (non-hydrogen) atoms. The highest BCUT2D eigenvalue weighted by Gasteiger charge is 2.32. The lowest BCUT2D eigenvalue weighted by molar-refractivity contribution is -0.133. The normalized spacial score (nSPS) is 17.9. The molecule has 0 bridgehead atoms. The Hall–Kier alpha value is -2.86. The van der Waals surface area contributed by atoms with Crippen molar-refractivity contribution in [1.29, 1.82) is 0 Å². The van der Waals surface area contributed by atoms with E-state index < -0.39 is 55.3 Å². The van der Waals surface area contributed by atoms with E-state index >= 15 is 0 Å². The Balaban J connectivity index is 2.84. The van der Waals surface area contributed by atoms with Gasteiger partial charge in [-0.05, 0) is 38.5 Å². The van der Waals surface area contributed by atoms with E-state index in [0.29, 0.717) is 25.7 Å². The lowest BCUT2D eigenvalue weighted by Gasteiger charge is -2.29. The molecule has 1 saturated carbocycles. The summed E-state index contributed by atoms with van der Waals surface area (Å²) in [5, 5.41) is 13.3. The Kier molecular flexibility index (Phi) is 26.8.